The molecular formula is C13H20N2OS. The Morgan fingerprint density at radius 2 is 2.06 bits per heavy atom. The third-order valence-corrected chi connectivity index (χ3v) is 3.12. The maximum absolute atomic E-state index is 11.9. The molecule has 0 saturated heterocycles. The smallest absolute Gasteiger partial charge is 0.246 e. The van der Waals surface area contributed by atoms with Crippen LogP contribution in [0.25, 0.3) is 6.08 Å². The van der Waals surface area contributed by atoms with Gasteiger partial charge in [0, 0.05) is 24.5 Å². The summed E-state index contributed by atoms with van der Waals surface area (Å²) >= 11 is 1.60. The van der Waals surface area contributed by atoms with Crippen molar-refractivity contribution in [1.29, 1.82) is 0 Å². The second kappa shape index (κ2) is 7.22. The average molecular weight is 252 g/mol. The van der Waals surface area contributed by atoms with Crippen LogP contribution in [-0.4, -0.2) is 28.9 Å². The molecule has 0 bridgehead atoms. The second-order valence-corrected chi connectivity index (χ2v) is 5.01. The van der Waals surface area contributed by atoms with Crippen LogP contribution in [0.2, 0.25) is 0 Å². The van der Waals surface area contributed by atoms with E-state index < -0.39 is 0 Å². The molecule has 1 amide bonds. The summed E-state index contributed by atoms with van der Waals surface area (Å²) in [5.41, 5.74) is 0.869. The Labute approximate surface area is 107 Å². The van der Waals surface area contributed by atoms with Crippen LogP contribution in [0, 0.1) is 6.92 Å². The van der Waals surface area contributed by atoms with Gasteiger partial charge in [-0.3, -0.25) is 4.79 Å². The van der Waals surface area contributed by atoms with Gasteiger partial charge >= 0.3 is 0 Å². The summed E-state index contributed by atoms with van der Waals surface area (Å²) in [6, 6.07) is 0. The van der Waals surface area contributed by atoms with Crippen molar-refractivity contribution in [3.63, 3.8) is 0 Å². The molecule has 0 aliphatic carbocycles. The van der Waals surface area contributed by atoms with Crippen molar-refractivity contribution in [2.24, 2.45) is 0 Å². The molecule has 94 valence electrons. The molecule has 0 saturated carbocycles. The largest absolute Gasteiger partial charge is 0.339 e. The van der Waals surface area contributed by atoms with Crippen molar-refractivity contribution in [2.75, 3.05) is 13.1 Å². The van der Waals surface area contributed by atoms with E-state index >= 15 is 0 Å². The van der Waals surface area contributed by atoms with Crippen molar-refractivity contribution in [1.82, 2.24) is 9.88 Å². The number of carbonyl (C=O) groups excluding carboxylic acids is 1. The normalized spacial score (nSPS) is 11.0. The van der Waals surface area contributed by atoms with Gasteiger partial charge in [0.15, 0.2) is 0 Å². The highest BCUT2D eigenvalue weighted by Gasteiger charge is 2.07. The van der Waals surface area contributed by atoms with Gasteiger partial charge in [0.05, 0.1) is 10.7 Å². The first-order valence-electron chi connectivity index (χ1n) is 6.06. The van der Waals surface area contributed by atoms with Crippen LogP contribution in [0.1, 0.15) is 37.4 Å². The van der Waals surface area contributed by atoms with Gasteiger partial charge in [0.25, 0.3) is 0 Å². The van der Waals surface area contributed by atoms with Crippen molar-refractivity contribution < 1.29 is 4.79 Å². The van der Waals surface area contributed by atoms with E-state index in [2.05, 4.69) is 18.8 Å². The van der Waals surface area contributed by atoms with Gasteiger partial charge in [-0.1, -0.05) is 13.8 Å². The SMILES string of the molecule is CCCN(CCC)C(=O)/C=C\c1csc(C)n1. The third-order valence-electron chi connectivity index (χ3n) is 2.33. The second-order valence-electron chi connectivity index (χ2n) is 3.95. The van der Waals surface area contributed by atoms with Gasteiger partial charge < -0.3 is 4.90 Å². The Bertz CT molecular complexity index is 379. The summed E-state index contributed by atoms with van der Waals surface area (Å²) in [7, 11) is 0. The van der Waals surface area contributed by atoms with Crippen LogP contribution < -0.4 is 0 Å². The Kier molecular flexibility index (Phi) is 5.91. The molecule has 1 aromatic heterocycles. The third kappa shape index (κ3) is 4.69. The fraction of sp³-hybridized carbons (Fsp3) is 0.538. The maximum atomic E-state index is 11.9. The number of thiazole rings is 1. The Morgan fingerprint density at radius 3 is 2.53 bits per heavy atom. The van der Waals surface area contributed by atoms with Gasteiger partial charge in [-0.2, -0.15) is 0 Å². The fourth-order valence-electron chi connectivity index (χ4n) is 1.59. The molecule has 0 spiro atoms. The minimum atomic E-state index is 0.0827. The van der Waals surface area contributed by atoms with Crippen LogP contribution >= 0.6 is 11.3 Å². The van der Waals surface area contributed by atoms with Crippen molar-refractivity contribution in [3.8, 4) is 0 Å². The molecule has 3 nitrogen and oxygen atoms in total. The lowest BCUT2D eigenvalue weighted by Gasteiger charge is -2.19. The van der Waals surface area contributed by atoms with E-state index in [0.717, 1.165) is 36.6 Å². The zero-order valence-corrected chi connectivity index (χ0v) is 11.6. The molecule has 1 aromatic rings. The fourth-order valence-corrected chi connectivity index (χ4v) is 2.17. The van der Waals surface area contributed by atoms with E-state index in [9.17, 15) is 4.79 Å². The summed E-state index contributed by atoms with van der Waals surface area (Å²) in [6.45, 7) is 7.79. The van der Waals surface area contributed by atoms with Crippen LogP contribution in [0.3, 0.4) is 0 Å². The summed E-state index contributed by atoms with van der Waals surface area (Å²) in [5, 5.41) is 2.99. The first kappa shape index (κ1) is 13.9. The van der Waals surface area contributed by atoms with Gasteiger partial charge in [0.2, 0.25) is 5.91 Å². The highest BCUT2D eigenvalue weighted by atomic mass is 32.1. The number of rotatable bonds is 6. The van der Waals surface area contributed by atoms with E-state index in [-0.39, 0.29) is 5.91 Å². The van der Waals surface area contributed by atoms with Crippen LogP contribution in [0.4, 0.5) is 0 Å². The van der Waals surface area contributed by atoms with Crippen LogP contribution in [0.15, 0.2) is 11.5 Å². The molecule has 0 aliphatic rings. The maximum Gasteiger partial charge on any atom is 0.246 e. The topological polar surface area (TPSA) is 33.2 Å². The number of aromatic nitrogens is 1. The zero-order chi connectivity index (χ0) is 12.7. The number of hydrogen-bond donors (Lipinski definition) is 0. The van der Waals surface area contributed by atoms with Crippen molar-refractivity contribution >= 4 is 23.3 Å². The Morgan fingerprint density at radius 1 is 1.41 bits per heavy atom. The van der Waals surface area contributed by atoms with E-state index in [1.165, 1.54) is 0 Å². The molecule has 4 heteroatoms. The summed E-state index contributed by atoms with van der Waals surface area (Å²) in [4.78, 5) is 18.1. The molecule has 1 rings (SSSR count). The highest BCUT2D eigenvalue weighted by Crippen LogP contribution is 2.09. The predicted octanol–water partition coefficient (Wildman–Crippen LogP) is 3.11. The number of aryl methyl sites for hydroxylation is 1. The van der Waals surface area contributed by atoms with Crippen LogP contribution in [0.5, 0.6) is 0 Å². The molecule has 0 aromatic carbocycles. The van der Waals surface area contributed by atoms with E-state index in [1.54, 1.807) is 23.5 Å². The average Bonchev–Trinajstić information content (AvgIpc) is 2.72. The summed E-state index contributed by atoms with van der Waals surface area (Å²) in [5.74, 6) is 0.0827. The first-order valence-corrected chi connectivity index (χ1v) is 6.94. The zero-order valence-electron chi connectivity index (χ0n) is 10.8. The molecule has 17 heavy (non-hydrogen) atoms. The minimum absolute atomic E-state index is 0.0827. The molecule has 1 heterocycles. The van der Waals surface area contributed by atoms with Crippen LogP contribution in [-0.2, 0) is 4.79 Å². The van der Waals surface area contributed by atoms with Gasteiger partial charge in [-0.25, -0.2) is 4.98 Å². The monoisotopic (exact) mass is 252 g/mol. The Hall–Kier alpha value is -1.16. The summed E-state index contributed by atoms with van der Waals surface area (Å²) in [6.07, 6.45) is 5.41. The van der Waals surface area contributed by atoms with E-state index in [0.29, 0.717) is 0 Å². The van der Waals surface area contributed by atoms with Gasteiger partial charge in [-0.15, -0.1) is 11.3 Å². The molecule has 0 radical (unpaired) electrons. The molecule has 0 fully saturated rings. The minimum Gasteiger partial charge on any atom is -0.339 e. The van der Waals surface area contributed by atoms with E-state index in [4.69, 9.17) is 0 Å². The number of nitrogens with zero attached hydrogens (tertiary/aromatic N) is 2. The molecular weight excluding hydrogens is 232 g/mol. The van der Waals surface area contributed by atoms with E-state index in [1.807, 2.05) is 17.2 Å². The lowest BCUT2D eigenvalue weighted by Crippen LogP contribution is -2.30. The number of carbonyl (C=O) groups is 1. The quantitative estimate of drug-likeness (QED) is 0.729. The first-order chi connectivity index (χ1) is 8.17. The van der Waals surface area contributed by atoms with Crippen molar-refractivity contribution in [3.05, 3.63) is 22.2 Å². The molecule has 0 aliphatic heterocycles. The standard InChI is InChI=1S/C13H20N2OS/c1-4-8-15(9-5-2)13(16)7-6-12-10-17-11(3)14-12/h6-7,10H,4-5,8-9H2,1-3H3/b7-6-. The van der Waals surface area contributed by atoms with Crippen molar-refractivity contribution in [2.45, 2.75) is 33.6 Å². The predicted molar refractivity (Wildman–Crippen MR) is 73.0 cm³/mol. The summed E-state index contributed by atoms with van der Waals surface area (Å²) < 4.78 is 0. The van der Waals surface area contributed by atoms with Gasteiger partial charge in [-0.05, 0) is 25.8 Å². The molecule has 0 unspecified atom stereocenters. The molecule has 0 atom stereocenters. The number of hydrogen-bond acceptors (Lipinski definition) is 3. The van der Waals surface area contributed by atoms with Gasteiger partial charge in [0.1, 0.15) is 0 Å². The lowest BCUT2D eigenvalue weighted by molar-refractivity contribution is -0.126. The molecule has 0 N–H and O–H groups in total. The highest BCUT2D eigenvalue weighted by molar-refractivity contribution is 7.09. The lowest BCUT2D eigenvalue weighted by atomic mass is 10.3. The number of amides is 1. The Balaban J connectivity index is 2.59.